The summed E-state index contributed by atoms with van der Waals surface area (Å²) in [6, 6.07) is 13.2. The van der Waals surface area contributed by atoms with Crippen LogP contribution in [-0.2, 0) is 29.0 Å². The molecule has 0 aliphatic carbocycles. The van der Waals surface area contributed by atoms with Crippen LogP contribution in [0, 0.1) is 11.2 Å². The van der Waals surface area contributed by atoms with Gasteiger partial charge in [-0.15, -0.1) is 5.10 Å². The lowest BCUT2D eigenvalue weighted by atomic mass is 9.73. The van der Waals surface area contributed by atoms with Crippen molar-refractivity contribution in [1.29, 1.82) is 0 Å². The first-order valence-electron chi connectivity index (χ1n) is 13.0. The Morgan fingerprint density at radius 3 is 2.55 bits per heavy atom. The van der Waals surface area contributed by atoms with Crippen molar-refractivity contribution in [2.45, 2.75) is 44.8 Å². The SMILES string of the molecule is O=C(C(O)c1ccc(F)cc1)N1CCC2(CC1)Cc1cn(nn1)CCCOc1ccc(cc1)CCNC2=O. The van der Waals surface area contributed by atoms with Crippen LogP contribution in [0.2, 0.25) is 0 Å². The molecule has 38 heavy (non-hydrogen) atoms. The predicted octanol–water partition coefficient (Wildman–Crippen LogP) is 2.44. The van der Waals surface area contributed by atoms with Crippen LogP contribution in [0.1, 0.15) is 42.2 Å². The van der Waals surface area contributed by atoms with Crippen LogP contribution in [0.25, 0.3) is 0 Å². The Bertz CT molecular complexity index is 1250. The summed E-state index contributed by atoms with van der Waals surface area (Å²) in [5.74, 6) is -0.140. The van der Waals surface area contributed by atoms with Gasteiger partial charge in [-0.1, -0.05) is 29.5 Å². The molecular weight excluding hydrogens is 489 g/mol. The molecule has 2 amide bonds. The highest BCUT2D eigenvalue weighted by molar-refractivity contribution is 5.85. The lowest BCUT2D eigenvalue weighted by Gasteiger charge is -2.41. The summed E-state index contributed by atoms with van der Waals surface area (Å²) in [6.45, 7) is 2.33. The molecule has 4 heterocycles. The summed E-state index contributed by atoms with van der Waals surface area (Å²) in [5.41, 5.74) is 1.42. The third-order valence-electron chi connectivity index (χ3n) is 7.46. The van der Waals surface area contributed by atoms with Gasteiger partial charge >= 0.3 is 0 Å². The molecule has 3 aromatic rings. The number of rotatable bonds is 2. The molecule has 200 valence electrons. The maximum absolute atomic E-state index is 13.6. The van der Waals surface area contributed by atoms with Crippen molar-refractivity contribution in [2.24, 2.45) is 5.41 Å². The van der Waals surface area contributed by atoms with Gasteiger partial charge in [-0.25, -0.2) is 4.39 Å². The summed E-state index contributed by atoms with van der Waals surface area (Å²) in [4.78, 5) is 28.2. The number of aryl methyl sites for hydroxylation is 1. The molecule has 1 unspecified atom stereocenters. The number of nitrogens with zero attached hydrogens (tertiary/aromatic N) is 4. The van der Waals surface area contributed by atoms with Crippen LogP contribution in [0.4, 0.5) is 4.39 Å². The number of amides is 2. The molecule has 9 nitrogen and oxygen atoms in total. The molecule has 4 bridgehead atoms. The number of aliphatic hydroxyl groups excluding tert-OH is 1. The van der Waals surface area contributed by atoms with E-state index >= 15 is 0 Å². The van der Waals surface area contributed by atoms with Gasteiger partial charge in [-0.3, -0.25) is 14.3 Å². The number of hydrogen-bond acceptors (Lipinski definition) is 6. The van der Waals surface area contributed by atoms with Gasteiger partial charge in [-0.2, -0.15) is 0 Å². The van der Waals surface area contributed by atoms with Crippen molar-refractivity contribution in [3.63, 3.8) is 0 Å². The fourth-order valence-electron chi connectivity index (χ4n) is 5.15. The Morgan fingerprint density at radius 2 is 1.82 bits per heavy atom. The summed E-state index contributed by atoms with van der Waals surface area (Å²) < 4.78 is 20.9. The van der Waals surface area contributed by atoms with E-state index in [2.05, 4.69) is 15.6 Å². The molecule has 3 aliphatic rings. The molecule has 2 aromatic carbocycles. The number of aliphatic hydroxyl groups is 1. The van der Waals surface area contributed by atoms with E-state index in [4.69, 9.17) is 4.74 Å². The van der Waals surface area contributed by atoms with Crippen molar-refractivity contribution < 1.29 is 23.8 Å². The standard InChI is InChI=1S/C28H32FN5O4/c29-22-6-4-21(5-7-22)25(35)26(36)33-15-11-28(12-16-33)18-23-19-34(32-31-23)14-1-17-38-24-8-2-20(3-9-24)10-13-30-27(28)37/h2-9,19,25,35H,1,10-18H2,(H,30,37). The van der Waals surface area contributed by atoms with Crippen LogP contribution in [-0.4, -0.2) is 63.1 Å². The first kappa shape index (κ1) is 25.8. The number of ether oxygens (including phenoxy) is 1. The molecule has 1 fully saturated rings. The highest BCUT2D eigenvalue weighted by atomic mass is 19.1. The number of fused-ring (bicyclic) bond motifs is 8. The summed E-state index contributed by atoms with van der Waals surface area (Å²) in [5, 5.41) is 22.2. The van der Waals surface area contributed by atoms with Crippen molar-refractivity contribution in [2.75, 3.05) is 26.2 Å². The number of carbonyl (C=O) groups is 2. The zero-order valence-electron chi connectivity index (χ0n) is 21.2. The largest absolute Gasteiger partial charge is 0.494 e. The van der Waals surface area contributed by atoms with Crippen LogP contribution in [0.3, 0.4) is 0 Å². The Labute approximate surface area is 220 Å². The Kier molecular flexibility index (Phi) is 7.69. The zero-order valence-corrected chi connectivity index (χ0v) is 21.2. The van der Waals surface area contributed by atoms with Crippen LogP contribution in [0.5, 0.6) is 5.75 Å². The Hall–Kier alpha value is -3.79. The summed E-state index contributed by atoms with van der Waals surface area (Å²) in [6.07, 6.45) is 3.21. The smallest absolute Gasteiger partial charge is 0.256 e. The van der Waals surface area contributed by atoms with E-state index < -0.39 is 23.2 Å². The van der Waals surface area contributed by atoms with Gasteiger partial charge in [0.25, 0.3) is 5.91 Å². The first-order chi connectivity index (χ1) is 18.4. The number of nitrogens with one attached hydrogen (secondary N) is 1. The average molecular weight is 522 g/mol. The minimum absolute atomic E-state index is 0.0671. The van der Waals surface area contributed by atoms with Gasteiger partial charge in [0, 0.05) is 45.2 Å². The van der Waals surface area contributed by atoms with Gasteiger partial charge in [0.1, 0.15) is 11.6 Å². The first-order valence-corrected chi connectivity index (χ1v) is 13.0. The molecule has 10 heteroatoms. The normalized spacial score (nSPS) is 18.9. The third kappa shape index (κ3) is 5.85. The number of carbonyl (C=O) groups excluding carboxylic acids is 2. The zero-order chi connectivity index (χ0) is 26.5. The number of halogens is 1. The van der Waals surface area contributed by atoms with Crippen LogP contribution in [0.15, 0.2) is 54.7 Å². The van der Waals surface area contributed by atoms with E-state index in [0.29, 0.717) is 64.0 Å². The van der Waals surface area contributed by atoms with Gasteiger partial charge < -0.3 is 20.1 Å². The molecule has 2 N–H and O–H groups in total. The number of aromatic nitrogens is 3. The van der Waals surface area contributed by atoms with E-state index in [9.17, 15) is 19.1 Å². The van der Waals surface area contributed by atoms with E-state index in [0.717, 1.165) is 23.4 Å². The topological polar surface area (TPSA) is 110 Å². The second-order valence-corrected chi connectivity index (χ2v) is 10.1. The van der Waals surface area contributed by atoms with Gasteiger partial charge in [0.05, 0.1) is 17.7 Å². The summed E-state index contributed by atoms with van der Waals surface area (Å²) >= 11 is 0. The van der Waals surface area contributed by atoms with Gasteiger partial charge in [0.15, 0.2) is 6.10 Å². The highest BCUT2D eigenvalue weighted by Crippen LogP contribution is 2.36. The third-order valence-corrected chi connectivity index (χ3v) is 7.46. The van der Waals surface area contributed by atoms with Crippen molar-refractivity contribution in [1.82, 2.24) is 25.2 Å². The van der Waals surface area contributed by atoms with E-state index in [1.54, 1.807) is 9.58 Å². The molecule has 0 saturated carbocycles. The molecule has 1 spiro atoms. The minimum Gasteiger partial charge on any atom is -0.494 e. The number of hydrogen-bond donors (Lipinski definition) is 2. The van der Waals surface area contributed by atoms with Crippen molar-refractivity contribution >= 4 is 11.8 Å². The average Bonchev–Trinajstić information content (AvgIpc) is 3.38. The molecule has 1 atom stereocenters. The molecule has 3 aliphatic heterocycles. The van der Waals surface area contributed by atoms with E-state index in [1.165, 1.54) is 24.3 Å². The predicted molar refractivity (Wildman–Crippen MR) is 137 cm³/mol. The molecule has 1 saturated heterocycles. The lowest BCUT2D eigenvalue weighted by Crippen LogP contribution is -2.52. The van der Waals surface area contributed by atoms with Crippen LogP contribution >= 0.6 is 0 Å². The monoisotopic (exact) mass is 521 g/mol. The Morgan fingerprint density at radius 1 is 1.08 bits per heavy atom. The Balaban J connectivity index is 1.31. The maximum atomic E-state index is 13.6. The quantitative estimate of drug-likeness (QED) is 0.536. The molecule has 0 radical (unpaired) electrons. The fourth-order valence-corrected chi connectivity index (χ4v) is 5.15. The minimum atomic E-state index is -1.38. The van der Waals surface area contributed by atoms with Gasteiger partial charge in [0.2, 0.25) is 5.91 Å². The second kappa shape index (κ2) is 11.3. The fraction of sp³-hybridized carbons (Fsp3) is 0.429. The molecule has 1 aromatic heterocycles. The highest BCUT2D eigenvalue weighted by Gasteiger charge is 2.43. The molecular formula is C28H32FN5O4. The molecule has 6 rings (SSSR count). The lowest BCUT2D eigenvalue weighted by molar-refractivity contribution is -0.146. The summed E-state index contributed by atoms with van der Waals surface area (Å²) in [7, 11) is 0. The van der Waals surface area contributed by atoms with Gasteiger partial charge in [-0.05, 0) is 54.7 Å². The number of benzene rings is 2. The van der Waals surface area contributed by atoms with Crippen molar-refractivity contribution in [3.8, 4) is 5.75 Å². The van der Waals surface area contributed by atoms with Crippen LogP contribution < -0.4 is 10.1 Å². The number of likely N-dealkylation sites (tertiary alicyclic amines) is 1. The maximum Gasteiger partial charge on any atom is 0.256 e. The van der Waals surface area contributed by atoms with E-state index in [-0.39, 0.29) is 5.91 Å². The number of piperidine rings is 1. The van der Waals surface area contributed by atoms with Crippen molar-refractivity contribution in [3.05, 3.63) is 77.4 Å². The second-order valence-electron chi connectivity index (χ2n) is 10.1. The van der Waals surface area contributed by atoms with E-state index in [1.807, 2.05) is 30.5 Å².